The molecule has 0 radical (unpaired) electrons. The first-order valence-corrected chi connectivity index (χ1v) is 7.79. The van der Waals surface area contributed by atoms with E-state index in [0.29, 0.717) is 17.0 Å². The molecule has 1 N–H and O–H groups in total. The van der Waals surface area contributed by atoms with Crippen molar-refractivity contribution in [3.8, 4) is 0 Å². The Hall–Kier alpha value is -2.08. The summed E-state index contributed by atoms with van der Waals surface area (Å²) in [6.45, 7) is 5.09. The van der Waals surface area contributed by atoms with E-state index in [-0.39, 0.29) is 6.61 Å². The number of carbonyl (C=O) groups excluding carboxylic acids is 3. The van der Waals surface area contributed by atoms with Crippen LogP contribution in [0.1, 0.15) is 31.4 Å². The monoisotopic (exact) mass is 338 g/mol. The standard InChI is InChI=1S/C16H19ClN2O4/c1-4-16(11-6-7-12(17)10(3)8-11)14(21)19(15(22)18-16)9-13(20)23-5-2/h6-8H,4-5,9H2,1-3H3,(H,18,22). The molecule has 0 bridgehead atoms. The van der Waals surface area contributed by atoms with Crippen molar-refractivity contribution in [2.24, 2.45) is 0 Å². The highest BCUT2D eigenvalue weighted by Gasteiger charge is 2.51. The van der Waals surface area contributed by atoms with Crippen LogP contribution >= 0.6 is 11.6 Å². The lowest BCUT2D eigenvalue weighted by atomic mass is 9.86. The van der Waals surface area contributed by atoms with Gasteiger partial charge in [-0.15, -0.1) is 0 Å². The second kappa shape index (κ2) is 6.58. The van der Waals surface area contributed by atoms with Crippen LogP contribution in [0.4, 0.5) is 4.79 Å². The Kier molecular flexibility index (Phi) is 4.94. The average Bonchev–Trinajstić information content (AvgIpc) is 2.75. The van der Waals surface area contributed by atoms with Crippen LogP contribution in [0.15, 0.2) is 18.2 Å². The second-order valence-electron chi connectivity index (χ2n) is 5.35. The van der Waals surface area contributed by atoms with E-state index in [1.165, 1.54) is 0 Å². The molecule has 0 aliphatic carbocycles. The molecule has 2 rings (SSSR count). The molecule has 1 saturated heterocycles. The number of hydrogen-bond donors (Lipinski definition) is 1. The summed E-state index contributed by atoms with van der Waals surface area (Å²) in [6, 6.07) is 4.58. The summed E-state index contributed by atoms with van der Waals surface area (Å²) >= 11 is 6.03. The van der Waals surface area contributed by atoms with Crippen LogP contribution in [0, 0.1) is 6.92 Å². The summed E-state index contributed by atoms with van der Waals surface area (Å²) in [5.41, 5.74) is 0.272. The predicted octanol–water partition coefficient (Wildman–Crippen LogP) is 2.37. The summed E-state index contributed by atoms with van der Waals surface area (Å²) in [4.78, 5) is 37.5. The molecule has 1 aliphatic rings. The first-order valence-electron chi connectivity index (χ1n) is 7.42. The molecule has 7 heteroatoms. The van der Waals surface area contributed by atoms with E-state index >= 15 is 0 Å². The van der Waals surface area contributed by atoms with Gasteiger partial charge in [-0.2, -0.15) is 0 Å². The molecular weight excluding hydrogens is 320 g/mol. The number of esters is 1. The summed E-state index contributed by atoms with van der Waals surface area (Å²) in [6.07, 6.45) is 0.359. The van der Waals surface area contributed by atoms with Gasteiger partial charge in [0.1, 0.15) is 12.1 Å². The number of aryl methyl sites for hydroxylation is 1. The molecule has 1 atom stereocenters. The Balaban J connectivity index is 2.36. The van der Waals surface area contributed by atoms with Crippen molar-refractivity contribution >= 4 is 29.5 Å². The number of ether oxygens (including phenoxy) is 1. The third-order valence-corrected chi connectivity index (χ3v) is 4.37. The maximum atomic E-state index is 12.8. The van der Waals surface area contributed by atoms with Crippen molar-refractivity contribution in [2.75, 3.05) is 13.2 Å². The Morgan fingerprint density at radius 2 is 2.04 bits per heavy atom. The van der Waals surface area contributed by atoms with Gasteiger partial charge in [0.25, 0.3) is 5.91 Å². The lowest BCUT2D eigenvalue weighted by Crippen LogP contribution is -2.44. The molecule has 1 unspecified atom stereocenters. The number of carbonyl (C=O) groups is 3. The quantitative estimate of drug-likeness (QED) is 0.660. The van der Waals surface area contributed by atoms with Crippen molar-refractivity contribution in [1.29, 1.82) is 0 Å². The van der Waals surface area contributed by atoms with Gasteiger partial charge in [-0.3, -0.25) is 14.5 Å². The molecule has 1 aromatic rings. The molecule has 1 heterocycles. The predicted molar refractivity (Wildman–Crippen MR) is 85.0 cm³/mol. The molecule has 0 saturated carbocycles. The third kappa shape index (κ3) is 3.03. The maximum Gasteiger partial charge on any atom is 0.326 e. The van der Waals surface area contributed by atoms with Crippen molar-refractivity contribution < 1.29 is 19.1 Å². The number of urea groups is 1. The van der Waals surface area contributed by atoms with Crippen molar-refractivity contribution in [3.63, 3.8) is 0 Å². The minimum absolute atomic E-state index is 0.192. The fourth-order valence-electron chi connectivity index (χ4n) is 2.65. The van der Waals surface area contributed by atoms with Gasteiger partial charge in [-0.1, -0.05) is 30.7 Å². The number of imide groups is 1. The van der Waals surface area contributed by atoms with Gasteiger partial charge in [-0.25, -0.2) is 4.79 Å². The topological polar surface area (TPSA) is 75.7 Å². The van der Waals surface area contributed by atoms with Gasteiger partial charge >= 0.3 is 12.0 Å². The second-order valence-corrected chi connectivity index (χ2v) is 5.76. The van der Waals surface area contributed by atoms with Crippen LogP contribution < -0.4 is 5.32 Å². The zero-order chi connectivity index (χ0) is 17.2. The lowest BCUT2D eigenvalue weighted by Gasteiger charge is -2.26. The number of hydrogen-bond acceptors (Lipinski definition) is 4. The summed E-state index contributed by atoms with van der Waals surface area (Å²) in [5.74, 6) is -1.07. The Morgan fingerprint density at radius 1 is 1.35 bits per heavy atom. The first kappa shape index (κ1) is 17.3. The molecule has 6 nitrogen and oxygen atoms in total. The van der Waals surface area contributed by atoms with E-state index in [1.54, 1.807) is 32.0 Å². The van der Waals surface area contributed by atoms with Crippen molar-refractivity contribution in [3.05, 3.63) is 34.3 Å². The molecule has 1 aromatic carbocycles. The summed E-state index contributed by atoms with van der Waals surface area (Å²) in [5, 5.41) is 3.30. The van der Waals surface area contributed by atoms with E-state index in [1.807, 2.05) is 6.92 Å². The van der Waals surface area contributed by atoms with Gasteiger partial charge in [0.2, 0.25) is 0 Å². The zero-order valence-corrected chi connectivity index (χ0v) is 14.1. The van der Waals surface area contributed by atoms with Crippen LogP contribution in [0.3, 0.4) is 0 Å². The van der Waals surface area contributed by atoms with Crippen molar-refractivity contribution in [2.45, 2.75) is 32.7 Å². The maximum absolute atomic E-state index is 12.8. The molecule has 1 aliphatic heterocycles. The first-order chi connectivity index (χ1) is 10.9. The van der Waals surface area contributed by atoms with E-state index in [0.717, 1.165) is 10.5 Å². The highest BCUT2D eigenvalue weighted by atomic mass is 35.5. The lowest BCUT2D eigenvalue weighted by molar-refractivity contribution is -0.147. The average molecular weight is 339 g/mol. The van der Waals surface area contributed by atoms with E-state index < -0.39 is 30.0 Å². The number of nitrogens with zero attached hydrogens (tertiary/aromatic N) is 1. The minimum Gasteiger partial charge on any atom is -0.465 e. The summed E-state index contributed by atoms with van der Waals surface area (Å²) in [7, 11) is 0. The SMILES string of the molecule is CCOC(=O)CN1C(=O)NC(CC)(c2ccc(Cl)c(C)c2)C1=O. The van der Waals surface area contributed by atoms with Crippen LogP contribution in [0.2, 0.25) is 5.02 Å². The largest absolute Gasteiger partial charge is 0.465 e. The van der Waals surface area contributed by atoms with E-state index in [4.69, 9.17) is 16.3 Å². The van der Waals surface area contributed by atoms with Gasteiger partial charge < -0.3 is 10.1 Å². The van der Waals surface area contributed by atoms with Crippen molar-refractivity contribution in [1.82, 2.24) is 10.2 Å². The van der Waals surface area contributed by atoms with Crippen LogP contribution in [-0.2, 0) is 19.9 Å². The molecule has 3 amide bonds. The smallest absolute Gasteiger partial charge is 0.326 e. The van der Waals surface area contributed by atoms with Gasteiger partial charge in [0.05, 0.1) is 6.61 Å². The molecule has 1 fully saturated rings. The van der Waals surface area contributed by atoms with Gasteiger partial charge in [0, 0.05) is 5.02 Å². The molecule has 0 aromatic heterocycles. The molecular formula is C16H19ClN2O4. The fourth-order valence-corrected chi connectivity index (χ4v) is 2.77. The number of rotatable bonds is 5. The van der Waals surface area contributed by atoms with Gasteiger partial charge in [0.15, 0.2) is 0 Å². The highest BCUT2D eigenvalue weighted by Crippen LogP contribution is 2.34. The Labute approximate surface area is 139 Å². The van der Waals surface area contributed by atoms with Crippen LogP contribution in [0.5, 0.6) is 0 Å². The van der Waals surface area contributed by atoms with E-state index in [2.05, 4.69) is 5.32 Å². The number of halogens is 1. The minimum atomic E-state index is -1.18. The Bertz CT molecular complexity index is 661. The highest BCUT2D eigenvalue weighted by molar-refractivity contribution is 6.31. The molecule has 0 spiro atoms. The zero-order valence-electron chi connectivity index (χ0n) is 13.3. The molecule has 124 valence electrons. The van der Waals surface area contributed by atoms with Crippen LogP contribution in [0.25, 0.3) is 0 Å². The molecule has 23 heavy (non-hydrogen) atoms. The third-order valence-electron chi connectivity index (χ3n) is 3.95. The summed E-state index contributed by atoms with van der Waals surface area (Å²) < 4.78 is 4.81. The number of nitrogens with one attached hydrogen (secondary N) is 1. The van der Waals surface area contributed by atoms with Gasteiger partial charge in [-0.05, 0) is 37.5 Å². The fraction of sp³-hybridized carbons (Fsp3) is 0.438. The Morgan fingerprint density at radius 3 is 2.61 bits per heavy atom. The normalized spacial score (nSPS) is 20.6. The number of benzene rings is 1. The van der Waals surface area contributed by atoms with E-state index in [9.17, 15) is 14.4 Å². The van der Waals surface area contributed by atoms with Crippen LogP contribution in [-0.4, -0.2) is 36.0 Å². The number of amides is 3.